The number of hydrogen-bond acceptors (Lipinski definition) is 3. The Labute approximate surface area is 146 Å². The van der Waals surface area contributed by atoms with Gasteiger partial charge in [0.1, 0.15) is 13.1 Å². The van der Waals surface area contributed by atoms with Crippen molar-refractivity contribution < 1.29 is 9.64 Å². The molecule has 2 rings (SSSR count). The first-order chi connectivity index (χ1) is 11.1. The number of quaternary nitrogens is 1. The largest absolute Gasteiger partial charge is 0.370 e. The van der Waals surface area contributed by atoms with Crippen molar-refractivity contribution in [3.05, 3.63) is 0 Å². The number of nitrogens with one attached hydrogen (secondary N) is 3. The Morgan fingerprint density at radius 1 is 1.35 bits per heavy atom. The summed E-state index contributed by atoms with van der Waals surface area (Å²) >= 11 is 5.36. The molecule has 1 saturated heterocycles. The predicted octanol–water partition coefficient (Wildman–Crippen LogP) is 0.814. The monoisotopic (exact) mass is 341 g/mol. The fraction of sp³-hybridized carbons (Fsp3) is 0.882. The van der Waals surface area contributed by atoms with E-state index in [4.69, 9.17) is 17.0 Å². The maximum absolute atomic E-state index is 5.37. The van der Waals surface area contributed by atoms with Crippen LogP contribution in [0.1, 0.15) is 40.0 Å². The van der Waals surface area contributed by atoms with Gasteiger partial charge in [0.15, 0.2) is 5.11 Å². The van der Waals surface area contributed by atoms with Gasteiger partial charge in [0.2, 0.25) is 0 Å². The van der Waals surface area contributed by atoms with Crippen molar-refractivity contribution in [2.75, 3.05) is 39.4 Å². The lowest BCUT2D eigenvalue weighted by molar-refractivity contribution is -0.906. The molecule has 1 saturated carbocycles. The fourth-order valence-electron chi connectivity index (χ4n) is 3.51. The van der Waals surface area contributed by atoms with E-state index in [2.05, 4.69) is 36.6 Å². The van der Waals surface area contributed by atoms with Crippen LogP contribution in [0, 0.1) is 17.8 Å². The molecule has 0 bridgehead atoms. The number of ether oxygens (including phenoxy) is 1. The van der Waals surface area contributed by atoms with E-state index >= 15 is 0 Å². The average molecular weight is 342 g/mol. The van der Waals surface area contributed by atoms with Gasteiger partial charge in [-0.25, -0.2) is 0 Å². The summed E-state index contributed by atoms with van der Waals surface area (Å²) in [4.78, 5) is 1.58. The molecule has 3 N–H and O–H groups in total. The molecule has 1 aliphatic carbocycles. The van der Waals surface area contributed by atoms with Gasteiger partial charge in [-0.3, -0.25) is 5.43 Å². The number of morpholine rings is 1. The molecule has 0 unspecified atom stereocenters. The van der Waals surface area contributed by atoms with Gasteiger partial charge in [-0.05, 0) is 43.3 Å². The van der Waals surface area contributed by atoms with Crippen LogP contribution in [0.25, 0.3) is 0 Å². The highest BCUT2D eigenvalue weighted by molar-refractivity contribution is 7.80. The van der Waals surface area contributed by atoms with Crippen LogP contribution < -0.4 is 15.6 Å². The van der Waals surface area contributed by atoms with Crippen molar-refractivity contribution in [1.29, 1.82) is 0 Å². The molecule has 1 aliphatic heterocycles. The molecule has 1 heterocycles. The van der Waals surface area contributed by atoms with Gasteiger partial charge in [0.25, 0.3) is 0 Å². The topological polar surface area (TPSA) is 50.1 Å². The van der Waals surface area contributed by atoms with E-state index in [-0.39, 0.29) is 0 Å². The highest BCUT2D eigenvalue weighted by Crippen LogP contribution is 2.31. The molecular formula is C17H33N4OS+. The molecular weight excluding hydrogens is 308 g/mol. The van der Waals surface area contributed by atoms with Gasteiger partial charge in [-0.2, -0.15) is 5.10 Å². The van der Waals surface area contributed by atoms with Crippen molar-refractivity contribution in [1.82, 2.24) is 10.7 Å². The Balaban J connectivity index is 1.72. The summed E-state index contributed by atoms with van der Waals surface area (Å²) in [5.74, 6) is 1.98. The minimum atomic E-state index is 0.597. The lowest BCUT2D eigenvalue weighted by atomic mass is 9.76. The SMILES string of the molecule is CC(C)[C@H]1CC[C@H](C)C/C1=N/NC(=S)NCC[NH+]1CCOCC1. The zero-order valence-corrected chi connectivity index (χ0v) is 15.7. The summed E-state index contributed by atoms with van der Waals surface area (Å²) in [7, 11) is 0. The smallest absolute Gasteiger partial charge is 0.187 e. The third-order valence-electron chi connectivity index (χ3n) is 5.03. The molecule has 23 heavy (non-hydrogen) atoms. The number of nitrogens with zero attached hydrogens (tertiary/aromatic N) is 1. The van der Waals surface area contributed by atoms with Crippen LogP contribution in [0.2, 0.25) is 0 Å². The van der Waals surface area contributed by atoms with Crippen LogP contribution in [-0.4, -0.2) is 50.2 Å². The molecule has 6 heteroatoms. The van der Waals surface area contributed by atoms with Crippen LogP contribution in [-0.2, 0) is 4.74 Å². The number of hydrogen-bond donors (Lipinski definition) is 3. The Bertz CT molecular complexity index is 407. The maximum atomic E-state index is 5.37. The summed E-state index contributed by atoms with van der Waals surface area (Å²) in [6, 6.07) is 0. The molecule has 2 atom stereocenters. The zero-order chi connectivity index (χ0) is 16.7. The van der Waals surface area contributed by atoms with Gasteiger partial charge in [-0.15, -0.1) is 0 Å². The third kappa shape index (κ3) is 6.36. The number of thiocarbonyl (C=S) groups is 1. The standard InChI is InChI=1S/C17H32N4OS/c1-13(2)15-5-4-14(3)12-16(15)19-20-17(23)18-6-7-21-8-10-22-11-9-21/h13-15H,4-12H2,1-3H3,(H2,18,20,23)/p+1/b19-16-/t14-,15+/m0/s1. The Kier molecular flexibility index (Phi) is 7.73. The van der Waals surface area contributed by atoms with Crippen LogP contribution in [0.3, 0.4) is 0 Å². The lowest BCUT2D eigenvalue weighted by Crippen LogP contribution is -3.14. The Morgan fingerprint density at radius 2 is 2.09 bits per heavy atom. The van der Waals surface area contributed by atoms with Crippen molar-refractivity contribution >= 4 is 23.0 Å². The van der Waals surface area contributed by atoms with E-state index in [0.717, 1.165) is 51.7 Å². The maximum Gasteiger partial charge on any atom is 0.187 e. The fourth-order valence-corrected chi connectivity index (χ4v) is 3.66. The van der Waals surface area contributed by atoms with Gasteiger partial charge in [0, 0.05) is 11.6 Å². The molecule has 0 aromatic carbocycles. The first-order valence-corrected chi connectivity index (χ1v) is 9.48. The summed E-state index contributed by atoms with van der Waals surface area (Å²) in [6.07, 6.45) is 3.66. The minimum absolute atomic E-state index is 0.597. The highest BCUT2D eigenvalue weighted by atomic mass is 32.1. The molecule has 0 amide bonds. The first-order valence-electron chi connectivity index (χ1n) is 9.08. The van der Waals surface area contributed by atoms with Crippen LogP contribution in [0.15, 0.2) is 5.10 Å². The zero-order valence-electron chi connectivity index (χ0n) is 14.9. The van der Waals surface area contributed by atoms with Crippen molar-refractivity contribution in [3.63, 3.8) is 0 Å². The second-order valence-electron chi connectivity index (χ2n) is 7.32. The molecule has 0 spiro atoms. The quantitative estimate of drug-likeness (QED) is 0.512. The van der Waals surface area contributed by atoms with Crippen LogP contribution in [0.4, 0.5) is 0 Å². The van der Waals surface area contributed by atoms with Crippen molar-refractivity contribution in [2.24, 2.45) is 22.9 Å². The summed E-state index contributed by atoms with van der Waals surface area (Å²) < 4.78 is 5.37. The second-order valence-corrected chi connectivity index (χ2v) is 7.73. The molecule has 2 fully saturated rings. The van der Waals surface area contributed by atoms with E-state index in [0.29, 0.717) is 16.9 Å². The van der Waals surface area contributed by atoms with Gasteiger partial charge >= 0.3 is 0 Å². The lowest BCUT2D eigenvalue weighted by Gasteiger charge is -2.30. The molecule has 0 aromatic heterocycles. The average Bonchev–Trinajstić information content (AvgIpc) is 2.53. The van der Waals surface area contributed by atoms with E-state index in [1.807, 2.05) is 0 Å². The minimum Gasteiger partial charge on any atom is -0.370 e. The van der Waals surface area contributed by atoms with E-state index in [1.165, 1.54) is 18.6 Å². The van der Waals surface area contributed by atoms with E-state index < -0.39 is 0 Å². The first kappa shape index (κ1) is 18.6. The number of hydrazone groups is 1. The molecule has 0 radical (unpaired) electrons. The van der Waals surface area contributed by atoms with Crippen LogP contribution in [0.5, 0.6) is 0 Å². The van der Waals surface area contributed by atoms with Crippen LogP contribution >= 0.6 is 12.2 Å². The highest BCUT2D eigenvalue weighted by Gasteiger charge is 2.27. The van der Waals surface area contributed by atoms with E-state index in [9.17, 15) is 0 Å². The molecule has 2 aliphatic rings. The Hall–Kier alpha value is -0.720. The summed E-state index contributed by atoms with van der Waals surface area (Å²) in [5.41, 5.74) is 4.36. The molecule has 132 valence electrons. The third-order valence-corrected chi connectivity index (χ3v) is 5.26. The Morgan fingerprint density at radius 3 is 2.78 bits per heavy atom. The van der Waals surface area contributed by atoms with Gasteiger partial charge in [0.05, 0.1) is 26.3 Å². The second kappa shape index (κ2) is 9.55. The van der Waals surface area contributed by atoms with Gasteiger partial charge in [-0.1, -0.05) is 20.8 Å². The normalized spacial score (nSPS) is 28.1. The van der Waals surface area contributed by atoms with E-state index in [1.54, 1.807) is 4.90 Å². The number of rotatable bonds is 5. The van der Waals surface area contributed by atoms with Gasteiger partial charge < -0.3 is 15.0 Å². The molecule has 5 nitrogen and oxygen atoms in total. The van der Waals surface area contributed by atoms with Crippen molar-refractivity contribution in [2.45, 2.75) is 40.0 Å². The summed E-state index contributed by atoms with van der Waals surface area (Å²) in [5, 5.41) is 8.56. The predicted molar refractivity (Wildman–Crippen MR) is 98.9 cm³/mol. The van der Waals surface area contributed by atoms with Crippen molar-refractivity contribution in [3.8, 4) is 0 Å². The summed E-state index contributed by atoms with van der Waals surface area (Å²) in [6.45, 7) is 12.8. The molecule has 0 aromatic rings.